The monoisotopic (exact) mass is 420 g/mol. The van der Waals surface area contributed by atoms with E-state index in [0.29, 0.717) is 5.76 Å². The normalized spacial score (nSPS) is 18.6. The van der Waals surface area contributed by atoms with Crippen molar-refractivity contribution in [1.82, 2.24) is 0 Å². The Morgan fingerprint density at radius 2 is 1.94 bits per heavy atom. The molecule has 1 unspecified atom stereocenters. The summed E-state index contributed by atoms with van der Waals surface area (Å²) in [6, 6.07) is 11.3. The van der Waals surface area contributed by atoms with Crippen LogP contribution in [0.15, 0.2) is 53.3 Å². The Hall–Kier alpha value is -2.55. The molecule has 0 aromatic heterocycles. The van der Waals surface area contributed by atoms with E-state index in [1.165, 1.54) is 11.6 Å². The fourth-order valence-electron chi connectivity index (χ4n) is 4.60. The number of allylic oxidation sites excluding steroid dienone is 2. The van der Waals surface area contributed by atoms with E-state index in [-0.39, 0.29) is 11.9 Å². The van der Waals surface area contributed by atoms with Crippen molar-refractivity contribution in [3.63, 3.8) is 0 Å². The van der Waals surface area contributed by atoms with Crippen LogP contribution in [0.3, 0.4) is 0 Å². The molecule has 0 spiro atoms. The number of aliphatic hydroxyl groups is 1. The molecule has 2 nitrogen and oxygen atoms in total. The molecule has 2 aromatic carbocycles. The molecule has 1 saturated carbocycles. The predicted octanol–water partition coefficient (Wildman–Crippen LogP) is 7.84. The molecular formula is C28H33FO2. The first-order valence-electron chi connectivity index (χ1n) is 11.7. The zero-order valence-electron chi connectivity index (χ0n) is 18.9. The van der Waals surface area contributed by atoms with Crippen molar-refractivity contribution >= 4 is 5.57 Å². The van der Waals surface area contributed by atoms with Gasteiger partial charge >= 0.3 is 0 Å². The maximum Gasteiger partial charge on any atom is 0.123 e. The van der Waals surface area contributed by atoms with Crippen molar-refractivity contribution in [1.29, 1.82) is 0 Å². The summed E-state index contributed by atoms with van der Waals surface area (Å²) in [7, 11) is 0. The van der Waals surface area contributed by atoms with Gasteiger partial charge in [0.1, 0.15) is 17.3 Å². The molecule has 2 aliphatic rings. The largest absolute Gasteiger partial charge is 0.508 e. The lowest BCUT2D eigenvalue weighted by Crippen LogP contribution is -2.18. The van der Waals surface area contributed by atoms with Crippen LogP contribution in [0.5, 0.6) is 5.75 Å². The minimum atomic E-state index is -0.231. The summed E-state index contributed by atoms with van der Waals surface area (Å²) >= 11 is 0. The molecule has 1 aliphatic carbocycles. The Morgan fingerprint density at radius 1 is 1.13 bits per heavy atom. The highest BCUT2D eigenvalue weighted by atomic mass is 19.1. The van der Waals surface area contributed by atoms with Crippen LogP contribution in [0, 0.1) is 12.7 Å². The zero-order chi connectivity index (χ0) is 22.0. The number of benzene rings is 2. The van der Waals surface area contributed by atoms with E-state index in [4.69, 9.17) is 4.74 Å². The van der Waals surface area contributed by atoms with Crippen LogP contribution < -0.4 is 4.74 Å². The van der Waals surface area contributed by atoms with Crippen LogP contribution >= 0.6 is 0 Å². The minimum absolute atomic E-state index is 0.231. The smallest absolute Gasteiger partial charge is 0.123 e. The summed E-state index contributed by atoms with van der Waals surface area (Å²) in [5.74, 6) is 1.18. The SMILES string of the molecule is CCCC/C(C(O)=C1CCC1)=C(/c1ccc2c(c1)CCC(C)O2)c1ccc(F)cc1C. The Bertz CT molecular complexity index is 1030. The van der Waals surface area contributed by atoms with E-state index in [9.17, 15) is 9.50 Å². The van der Waals surface area contributed by atoms with Gasteiger partial charge in [-0.2, -0.15) is 0 Å². The van der Waals surface area contributed by atoms with E-state index in [1.807, 2.05) is 13.0 Å². The number of aliphatic hydroxyl groups excluding tert-OH is 1. The van der Waals surface area contributed by atoms with Gasteiger partial charge in [0, 0.05) is 5.57 Å². The second-order valence-corrected chi connectivity index (χ2v) is 9.01. The summed E-state index contributed by atoms with van der Waals surface area (Å²) in [5, 5.41) is 11.3. The lowest BCUT2D eigenvalue weighted by atomic mass is 9.82. The number of ether oxygens (including phenoxy) is 1. The van der Waals surface area contributed by atoms with Crippen molar-refractivity contribution < 1.29 is 14.2 Å². The number of unbranched alkanes of at least 4 members (excludes halogenated alkanes) is 1. The van der Waals surface area contributed by atoms with E-state index in [0.717, 1.165) is 90.5 Å². The fraction of sp³-hybridized carbons (Fsp3) is 0.429. The van der Waals surface area contributed by atoms with Gasteiger partial charge in [-0.25, -0.2) is 4.39 Å². The minimum Gasteiger partial charge on any atom is -0.508 e. The molecule has 0 amide bonds. The molecule has 4 rings (SSSR count). The summed E-state index contributed by atoms with van der Waals surface area (Å²) in [5.41, 5.74) is 7.34. The molecule has 0 bridgehead atoms. The van der Waals surface area contributed by atoms with Gasteiger partial charge in [-0.15, -0.1) is 0 Å². The third kappa shape index (κ3) is 4.56. The summed E-state index contributed by atoms with van der Waals surface area (Å²) in [4.78, 5) is 0. The van der Waals surface area contributed by atoms with Gasteiger partial charge in [-0.1, -0.05) is 25.5 Å². The van der Waals surface area contributed by atoms with Crippen LogP contribution in [0.2, 0.25) is 0 Å². The number of fused-ring (bicyclic) bond motifs is 1. The molecule has 164 valence electrons. The summed E-state index contributed by atoms with van der Waals surface area (Å²) < 4.78 is 20.0. The molecule has 1 heterocycles. The zero-order valence-corrected chi connectivity index (χ0v) is 18.9. The summed E-state index contributed by atoms with van der Waals surface area (Å²) in [6.45, 7) is 6.23. The van der Waals surface area contributed by atoms with Crippen molar-refractivity contribution in [3.05, 3.63) is 81.4 Å². The molecule has 1 N–H and O–H groups in total. The fourth-order valence-corrected chi connectivity index (χ4v) is 4.60. The molecule has 2 aromatic rings. The Balaban J connectivity index is 1.93. The number of hydrogen-bond acceptors (Lipinski definition) is 2. The standard InChI is InChI=1S/C28H33FO2/c1-4-5-9-25(28(30)20-7-6-8-20)27(24-14-13-23(29)16-18(24)2)22-12-15-26-21(17-22)11-10-19(3)31-26/h12-17,19,30H,4-11H2,1-3H3/b27-25+. The first-order chi connectivity index (χ1) is 15.0. The van der Waals surface area contributed by atoms with Gasteiger partial charge in [0.15, 0.2) is 0 Å². The van der Waals surface area contributed by atoms with Crippen LogP contribution in [0.25, 0.3) is 5.57 Å². The van der Waals surface area contributed by atoms with Gasteiger partial charge in [-0.05, 0) is 116 Å². The lowest BCUT2D eigenvalue weighted by molar-refractivity contribution is 0.192. The highest BCUT2D eigenvalue weighted by Gasteiger charge is 2.24. The van der Waals surface area contributed by atoms with Crippen molar-refractivity contribution in [2.24, 2.45) is 0 Å². The predicted molar refractivity (Wildman–Crippen MR) is 125 cm³/mol. The molecule has 31 heavy (non-hydrogen) atoms. The summed E-state index contributed by atoms with van der Waals surface area (Å²) in [6.07, 6.45) is 8.16. The Labute approximate surface area is 185 Å². The first-order valence-corrected chi connectivity index (χ1v) is 11.7. The molecule has 0 saturated heterocycles. The van der Waals surface area contributed by atoms with E-state index in [1.54, 1.807) is 6.07 Å². The van der Waals surface area contributed by atoms with E-state index in [2.05, 4.69) is 32.0 Å². The Morgan fingerprint density at radius 3 is 2.61 bits per heavy atom. The Kier molecular flexibility index (Phi) is 6.50. The quantitative estimate of drug-likeness (QED) is 0.482. The second-order valence-electron chi connectivity index (χ2n) is 9.01. The van der Waals surface area contributed by atoms with Crippen LogP contribution in [0.1, 0.15) is 81.0 Å². The average Bonchev–Trinajstić information content (AvgIpc) is 2.70. The van der Waals surface area contributed by atoms with Crippen molar-refractivity contribution in [3.8, 4) is 5.75 Å². The third-order valence-electron chi connectivity index (χ3n) is 6.62. The van der Waals surface area contributed by atoms with Gasteiger partial charge in [0.2, 0.25) is 0 Å². The van der Waals surface area contributed by atoms with Crippen molar-refractivity contribution in [2.75, 3.05) is 0 Å². The molecular weight excluding hydrogens is 387 g/mol. The molecule has 1 atom stereocenters. The van der Waals surface area contributed by atoms with E-state index < -0.39 is 0 Å². The van der Waals surface area contributed by atoms with Crippen LogP contribution in [0.4, 0.5) is 4.39 Å². The van der Waals surface area contributed by atoms with Crippen molar-refractivity contribution in [2.45, 2.75) is 78.2 Å². The lowest BCUT2D eigenvalue weighted by Gasteiger charge is -2.26. The van der Waals surface area contributed by atoms with Gasteiger partial charge in [0.25, 0.3) is 0 Å². The average molecular weight is 421 g/mol. The maximum absolute atomic E-state index is 13.9. The number of rotatable bonds is 6. The highest BCUT2D eigenvalue weighted by molar-refractivity contribution is 5.86. The number of aryl methyl sites for hydroxylation is 2. The van der Waals surface area contributed by atoms with Crippen LogP contribution in [-0.2, 0) is 6.42 Å². The number of hydrogen-bond donors (Lipinski definition) is 1. The molecule has 1 aliphatic heterocycles. The highest BCUT2D eigenvalue weighted by Crippen LogP contribution is 2.40. The molecule has 3 heteroatoms. The molecule has 1 fully saturated rings. The van der Waals surface area contributed by atoms with Gasteiger partial charge < -0.3 is 9.84 Å². The maximum atomic E-state index is 13.9. The number of halogens is 1. The van der Waals surface area contributed by atoms with Gasteiger partial charge in [0.05, 0.1) is 6.10 Å². The first kappa shape index (κ1) is 21.7. The van der Waals surface area contributed by atoms with Gasteiger partial charge in [-0.3, -0.25) is 0 Å². The van der Waals surface area contributed by atoms with E-state index >= 15 is 0 Å². The van der Waals surface area contributed by atoms with Crippen LogP contribution in [-0.4, -0.2) is 11.2 Å². The topological polar surface area (TPSA) is 29.5 Å². The second kappa shape index (κ2) is 9.30. The molecule has 0 radical (unpaired) electrons. The third-order valence-corrected chi connectivity index (χ3v) is 6.62.